The Kier molecular flexibility index (Phi) is 63.9. The molecule has 3 N–H and O–H groups in total. The van der Waals surface area contributed by atoms with Crippen LogP contribution in [0.5, 0.6) is 0 Å². The fourth-order valence-electron chi connectivity index (χ4n) is 10.7. The summed E-state index contributed by atoms with van der Waals surface area (Å²) in [6.45, 7) is 4.95. The number of nitrogens with one attached hydrogen (secondary N) is 1. The molecule has 0 saturated heterocycles. The van der Waals surface area contributed by atoms with E-state index < -0.39 is 12.1 Å². The summed E-state index contributed by atoms with van der Waals surface area (Å²) in [4.78, 5) is 24.6. The van der Waals surface area contributed by atoms with Gasteiger partial charge in [-0.2, -0.15) is 0 Å². The fourth-order valence-corrected chi connectivity index (χ4v) is 10.7. The molecule has 2 atom stereocenters. The molecule has 76 heavy (non-hydrogen) atoms. The van der Waals surface area contributed by atoms with E-state index in [1.165, 1.54) is 289 Å². The Morgan fingerprint density at radius 1 is 0.368 bits per heavy atom. The first-order chi connectivity index (χ1) is 37.5. The maximum Gasteiger partial charge on any atom is 0.305 e. The molecule has 0 saturated carbocycles. The van der Waals surface area contributed by atoms with Gasteiger partial charge in [-0.15, -0.1) is 0 Å². The molecule has 1 amide bonds. The van der Waals surface area contributed by atoms with Gasteiger partial charge in [0.1, 0.15) is 0 Å². The van der Waals surface area contributed by atoms with E-state index in [-0.39, 0.29) is 18.5 Å². The summed E-state index contributed by atoms with van der Waals surface area (Å²) in [6, 6.07) is -0.539. The Balaban J connectivity index is 3.34. The van der Waals surface area contributed by atoms with Crippen molar-refractivity contribution >= 4 is 11.9 Å². The number of hydrogen-bond acceptors (Lipinski definition) is 5. The Labute approximate surface area is 474 Å². The number of aliphatic hydroxyl groups is 2. The predicted octanol–water partition coefficient (Wildman–Crippen LogP) is 21.9. The van der Waals surface area contributed by atoms with E-state index in [1.54, 1.807) is 0 Å². The van der Waals surface area contributed by atoms with Gasteiger partial charge in [-0.1, -0.05) is 314 Å². The molecule has 0 spiro atoms. The minimum atomic E-state index is -0.662. The second kappa shape index (κ2) is 65.6. The lowest BCUT2D eigenvalue weighted by Crippen LogP contribution is -2.45. The zero-order valence-electron chi connectivity index (χ0n) is 51.3. The van der Waals surface area contributed by atoms with Crippen LogP contribution in [-0.4, -0.2) is 47.4 Å². The summed E-state index contributed by atoms with van der Waals surface area (Å²) in [5, 5.41) is 23.2. The second-order valence-electron chi connectivity index (χ2n) is 23.5. The standard InChI is InChI=1S/C70H133NO5/c1-3-5-7-9-11-13-15-16-17-18-34-37-40-44-48-52-56-60-64-70(75)76-65-61-57-53-49-45-41-38-35-32-30-28-26-24-22-20-19-21-23-25-27-29-31-33-36-39-43-47-51-55-59-63-69(74)71-67(66-72)68(73)62-58-54-50-46-42-14-12-10-8-6-4-2/h13,15,17-18,20,22,67-68,72-73H,3-12,14,16,19,21,23-66H2,1-2H3,(H,71,74)/b15-13-,18-17-,22-20-. The minimum Gasteiger partial charge on any atom is -0.466 e. The van der Waals surface area contributed by atoms with E-state index in [0.717, 1.165) is 51.4 Å². The summed E-state index contributed by atoms with van der Waals surface area (Å²) in [6.07, 6.45) is 83.3. The highest BCUT2D eigenvalue weighted by molar-refractivity contribution is 5.76. The number of ether oxygens (including phenoxy) is 1. The molecule has 0 radical (unpaired) electrons. The van der Waals surface area contributed by atoms with Gasteiger partial charge in [0.25, 0.3) is 0 Å². The van der Waals surface area contributed by atoms with E-state index in [2.05, 4.69) is 55.6 Å². The molecule has 0 fully saturated rings. The van der Waals surface area contributed by atoms with E-state index in [1.807, 2.05) is 0 Å². The van der Waals surface area contributed by atoms with Crippen LogP contribution in [-0.2, 0) is 14.3 Å². The van der Waals surface area contributed by atoms with Crippen molar-refractivity contribution in [3.05, 3.63) is 36.5 Å². The Morgan fingerprint density at radius 2 is 0.658 bits per heavy atom. The number of rotatable bonds is 64. The van der Waals surface area contributed by atoms with Crippen LogP contribution < -0.4 is 5.32 Å². The van der Waals surface area contributed by atoms with Crippen LogP contribution in [0.4, 0.5) is 0 Å². The van der Waals surface area contributed by atoms with Crippen LogP contribution in [0.25, 0.3) is 0 Å². The SMILES string of the molecule is CCCCCC/C=C\C/C=C\CCCCCCCCCC(=O)OCCCCCCCCCCCCCC/C=C\CCCCCCCCCCCCCCCCC(=O)NC(CO)C(O)CCCCCCCCCCCCC. The lowest BCUT2D eigenvalue weighted by atomic mass is 10.0. The van der Waals surface area contributed by atoms with Gasteiger partial charge in [0.05, 0.1) is 25.4 Å². The number of hydrogen-bond donors (Lipinski definition) is 3. The summed E-state index contributed by atoms with van der Waals surface area (Å²) in [5.41, 5.74) is 0. The first-order valence-corrected chi connectivity index (χ1v) is 34.2. The van der Waals surface area contributed by atoms with E-state index in [4.69, 9.17) is 4.74 Å². The zero-order chi connectivity index (χ0) is 55.0. The molecular formula is C70H133NO5. The number of aliphatic hydroxyl groups excluding tert-OH is 2. The van der Waals surface area contributed by atoms with Crippen molar-refractivity contribution in [3.8, 4) is 0 Å². The van der Waals surface area contributed by atoms with Crippen LogP contribution in [0.2, 0.25) is 0 Å². The van der Waals surface area contributed by atoms with Gasteiger partial charge in [0.15, 0.2) is 0 Å². The van der Waals surface area contributed by atoms with Gasteiger partial charge in [-0.05, 0) is 83.5 Å². The monoisotopic (exact) mass is 1070 g/mol. The fraction of sp³-hybridized carbons (Fsp3) is 0.886. The molecule has 0 heterocycles. The third kappa shape index (κ3) is 61.3. The lowest BCUT2D eigenvalue weighted by molar-refractivity contribution is -0.143. The molecule has 0 bridgehead atoms. The van der Waals surface area contributed by atoms with Crippen molar-refractivity contribution < 1.29 is 24.5 Å². The van der Waals surface area contributed by atoms with Crippen molar-refractivity contribution in [3.63, 3.8) is 0 Å². The minimum absolute atomic E-state index is 0.00998. The van der Waals surface area contributed by atoms with Crippen molar-refractivity contribution in [2.75, 3.05) is 13.2 Å². The smallest absolute Gasteiger partial charge is 0.305 e. The van der Waals surface area contributed by atoms with Crippen LogP contribution in [0, 0.1) is 0 Å². The quantitative estimate of drug-likeness (QED) is 0.0320. The predicted molar refractivity (Wildman–Crippen MR) is 333 cm³/mol. The molecular weight excluding hydrogens is 935 g/mol. The van der Waals surface area contributed by atoms with Crippen molar-refractivity contribution in [2.45, 2.75) is 386 Å². The molecule has 2 unspecified atom stereocenters. The van der Waals surface area contributed by atoms with E-state index in [9.17, 15) is 19.8 Å². The summed E-state index contributed by atoms with van der Waals surface area (Å²) in [5.74, 6) is -0.0233. The zero-order valence-corrected chi connectivity index (χ0v) is 51.3. The summed E-state index contributed by atoms with van der Waals surface area (Å²) < 4.78 is 5.50. The highest BCUT2D eigenvalue weighted by Gasteiger charge is 2.20. The maximum absolute atomic E-state index is 12.5. The largest absolute Gasteiger partial charge is 0.466 e. The van der Waals surface area contributed by atoms with Gasteiger partial charge in [-0.3, -0.25) is 9.59 Å². The van der Waals surface area contributed by atoms with Gasteiger partial charge in [0.2, 0.25) is 5.91 Å². The Hall–Kier alpha value is -1.92. The van der Waals surface area contributed by atoms with Crippen LogP contribution in [0.15, 0.2) is 36.5 Å². The Bertz CT molecular complexity index is 1230. The van der Waals surface area contributed by atoms with Crippen molar-refractivity contribution in [1.82, 2.24) is 5.32 Å². The van der Waals surface area contributed by atoms with E-state index in [0.29, 0.717) is 25.9 Å². The molecule has 0 aliphatic carbocycles. The van der Waals surface area contributed by atoms with E-state index >= 15 is 0 Å². The molecule has 6 heteroatoms. The molecule has 6 nitrogen and oxygen atoms in total. The number of esters is 1. The van der Waals surface area contributed by atoms with Crippen LogP contribution in [0.1, 0.15) is 373 Å². The highest BCUT2D eigenvalue weighted by atomic mass is 16.5. The third-order valence-corrected chi connectivity index (χ3v) is 15.9. The first-order valence-electron chi connectivity index (χ1n) is 34.2. The number of carbonyl (C=O) groups excluding carboxylic acids is 2. The van der Waals surface area contributed by atoms with Crippen LogP contribution >= 0.6 is 0 Å². The number of amides is 1. The first kappa shape index (κ1) is 74.1. The topological polar surface area (TPSA) is 95.9 Å². The molecule has 0 aromatic heterocycles. The number of unbranched alkanes of at least 4 members (excludes halogenated alkanes) is 47. The highest BCUT2D eigenvalue weighted by Crippen LogP contribution is 2.18. The average Bonchev–Trinajstić information content (AvgIpc) is 3.42. The number of carbonyl (C=O) groups is 2. The average molecular weight is 1070 g/mol. The lowest BCUT2D eigenvalue weighted by Gasteiger charge is -2.22. The van der Waals surface area contributed by atoms with Crippen molar-refractivity contribution in [1.29, 1.82) is 0 Å². The maximum atomic E-state index is 12.5. The third-order valence-electron chi connectivity index (χ3n) is 15.9. The van der Waals surface area contributed by atoms with Gasteiger partial charge in [-0.25, -0.2) is 0 Å². The molecule has 0 rings (SSSR count). The molecule has 448 valence electrons. The number of allylic oxidation sites excluding steroid dienone is 6. The Morgan fingerprint density at radius 3 is 1.03 bits per heavy atom. The molecule has 0 aliphatic rings. The normalized spacial score (nSPS) is 12.7. The second-order valence-corrected chi connectivity index (χ2v) is 23.5. The summed E-state index contributed by atoms with van der Waals surface area (Å²) >= 11 is 0. The summed E-state index contributed by atoms with van der Waals surface area (Å²) in [7, 11) is 0. The molecule has 0 aromatic rings. The van der Waals surface area contributed by atoms with Gasteiger partial charge >= 0.3 is 5.97 Å². The molecule has 0 aromatic carbocycles. The van der Waals surface area contributed by atoms with Crippen molar-refractivity contribution in [2.24, 2.45) is 0 Å². The van der Waals surface area contributed by atoms with Crippen LogP contribution in [0.3, 0.4) is 0 Å². The van der Waals surface area contributed by atoms with Gasteiger partial charge < -0.3 is 20.3 Å². The van der Waals surface area contributed by atoms with Gasteiger partial charge in [0, 0.05) is 12.8 Å². The molecule has 0 aliphatic heterocycles.